The largest absolute Gasteiger partial charge is 0.507 e. The van der Waals surface area contributed by atoms with Gasteiger partial charge in [-0.15, -0.1) is 11.8 Å². The maximum absolute atomic E-state index is 11.7. The number of thioether (sulfide) groups is 1. The van der Waals surface area contributed by atoms with Gasteiger partial charge in [0.25, 0.3) is 0 Å². The van der Waals surface area contributed by atoms with Crippen molar-refractivity contribution >= 4 is 23.3 Å². The van der Waals surface area contributed by atoms with Gasteiger partial charge in [0.1, 0.15) is 5.76 Å². The molecular weight excluding hydrogens is 256 g/mol. The Morgan fingerprint density at radius 3 is 2.21 bits per heavy atom. The highest BCUT2D eigenvalue weighted by Gasteiger charge is 2.04. The number of allylic oxidation sites excluding steroid dienone is 1. The summed E-state index contributed by atoms with van der Waals surface area (Å²) in [5, 5.41) is 9.82. The van der Waals surface area contributed by atoms with Gasteiger partial charge in [0, 0.05) is 16.5 Å². The third kappa shape index (κ3) is 4.30. The Hall–Kier alpha value is -2.00. The number of rotatable bonds is 5. The molecule has 2 aromatic carbocycles. The van der Waals surface area contributed by atoms with E-state index in [4.69, 9.17) is 0 Å². The molecule has 0 aromatic heterocycles. The van der Waals surface area contributed by atoms with Gasteiger partial charge in [0.15, 0.2) is 5.78 Å². The molecule has 0 aliphatic rings. The SMILES string of the molecule is O=C(/C=C(\O)c1ccccc1)CSc1ccccc1. The molecule has 0 amide bonds. The molecule has 0 saturated carbocycles. The van der Waals surface area contributed by atoms with Crippen molar-refractivity contribution in [3.8, 4) is 0 Å². The van der Waals surface area contributed by atoms with E-state index in [1.165, 1.54) is 17.8 Å². The minimum atomic E-state index is -0.102. The number of aliphatic hydroxyl groups is 1. The fraction of sp³-hybridized carbons (Fsp3) is 0.0625. The van der Waals surface area contributed by atoms with Gasteiger partial charge in [-0.3, -0.25) is 4.79 Å². The summed E-state index contributed by atoms with van der Waals surface area (Å²) >= 11 is 1.46. The summed E-state index contributed by atoms with van der Waals surface area (Å²) in [5.41, 5.74) is 0.653. The monoisotopic (exact) mass is 270 g/mol. The molecule has 0 radical (unpaired) electrons. The second-order valence-electron chi connectivity index (χ2n) is 3.96. The molecule has 19 heavy (non-hydrogen) atoms. The summed E-state index contributed by atoms with van der Waals surface area (Å²) in [5.74, 6) is 0.232. The lowest BCUT2D eigenvalue weighted by molar-refractivity contribution is -0.112. The van der Waals surface area contributed by atoms with Crippen LogP contribution in [0.2, 0.25) is 0 Å². The van der Waals surface area contributed by atoms with Crippen LogP contribution in [0.4, 0.5) is 0 Å². The minimum absolute atomic E-state index is 0.0132. The van der Waals surface area contributed by atoms with E-state index >= 15 is 0 Å². The van der Waals surface area contributed by atoms with Gasteiger partial charge in [-0.2, -0.15) is 0 Å². The van der Waals surface area contributed by atoms with Crippen molar-refractivity contribution in [1.82, 2.24) is 0 Å². The van der Waals surface area contributed by atoms with Crippen molar-refractivity contribution in [3.05, 3.63) is 72.3 Å². The Morgan fingerprint density at radius 1 is 1.00 bits per heavy atom. The summed E-state index contributed by atoms with van der Waals surface area (Å²) in [6, 6.07) is 18.8. The van der Waals surface area contributed by atoms with Gasteiger partial charge in [0.05, 0.1) is 5.75 Å². The van der Waals surface area contributed by atoms with Crippen molar-refractivity contribution in [2.45, 2.75) is 4.90 Å². The van der Waals surface area contributed by atoms with Crippen LogP contribution in [0.3, 0.4) is 0 Å². The van der Waals surface area contributed by atoms with Crippen LogP contribution in [0.15, 0.2) is 71.6 Å². The number of benzene rings is 2. The number of carbonyl (C=O) groups excluding carboxylic acids is 1. The lowest BCUT2D eigenvalue weighted by Crippen LogP contribution is -1.98. The highest BCUT2D eigenvalue weighted by molar-refractivity contribution is 8.00. The number of ketones is 1. The smallest absolute Gasteiger partial charge is 0.169 e. The molecule has 3 heteroatoms. The van der Waals surface area contributed by atoms with Gasteiger partial charge < -0.3 is 5.11 Å². The van der Waals surface area contributed by atoms with Crippen LogP contribution in [-0.4, -0.2) is 16.6 Å². The summed E-state index contributed by atoms with van der Waals surface area (Å²) < 4.78 is 0. The van der Waals surface area contributed by atoms with Crippen LogP contribution in [-0.2, 0) is 4.79 Å². The molecule has 0 unspecified atom stereocenters. The molecule has 0 heterocycles. The van der Waals surface area contributed by atoms with Crippen LogP contribution in [0.25, 0.3) is 5.76 Å². The first-order chi connectivity index (χ1) is 9.25. The first kappa shape index (κ1) is 13.4. The predicted molar refractivity (Wildman–Crippen MR) is 79.2 cm³/mol. The Labute approximate surface area is 116 Å². The Balaban J connectivity index is 1.94. The summed E-state index contributed by atoms with van der Waals surface area (Å²) in [6.07, 6.45) is 1.28. The van der Waals surface area contributed by atoms with E-state index in [-0.39, 0.29) is 11.5 Å². The van der Waals surface area contributed by atoms with Crippen molar-refractivity contribution in [1.29, 1.82) is 0 Å². The number of hydrogen-bond acceptors (Lipinski definition) is 3. The molecule has 1 N–H and O–H groups in total. The van der Waals surface area contributed by atoms with Crippen molar-refractivity contribution in [2.75, 3.05) is 5.75 Å². The molecule has 0 saturated heterocycles. The molecule has 0 atom stereocenters. The molecule has 0 bridgehead atoms. The van der Waals surface area contributed by atoms with Crippen molar-refractivity contribution in [2.24, 2.45) is 0 Å². The second kappa shape index (κ2) is 6.81. The Bertz CT molecular complexity index is 562. The van der Waals surface area contributed by atoms with E-state index in [0.717, 1.165) is 4.90 Å². The maximum atomic E-state index is 11.7. The molecule has 0 aliphatic carbocycles. The third-order valence-electron chi connectivity index (χ3n) is 2.49. The molecule has 0 spiro atoms. The van der Waals surface area contributed by atoms with Crippen LogP contribution in [0.1, 0.15) is 5.56 Å². The van der Waals surface area contributed by atoms with Gasteiger partial charge in [-0.1, -0.05) is 48.5 Å². The highest BCUT2D eigenvalue weighted by Crippen LogP contribution is 2.18. The van der Waals surface area contributed by atoms with Crippen molar-refractivity contribution in [3.63, 3.8) is 0 Å². The lowest BCUT2D eigenvalue weighted by atomic mass is 10.1. The lowest BCUT2D eigenvalue weighted by Gasteiger charge is -2.00. The predicted octanol–water partition coefficient (Wildman–Crippen LogP) is 3.95. The first-order valence-electron chi connectivity index (χ1n) is 5.92. The molecule has 2 rings (SSSR count). The standard InChI is InChI=1S/C16H14O2S/c17-14(12-19-15-9-5-2-6-10-15)11-16(18)13-7-3-1-4-8-13/h1-11,18H,12H2/b16-11-. The van der Waals surface area contributed by atoms with E-state index < -0.39 is 0 Å². The summed E-state index contributed by atoms with van der Waals surface area (Å²) in [4.78, 5) is 12.8. The Morgan fingerprint density at radius 2 is 1.58 bits per heavy atom. The third-order valence-corrected chi connectivity index (χ3v) is 3.53. The normalized spacial score (nSPS) is 11.3. The topological polar surface area (TPSA) is 37.3 Å². The quantitative estimate of drug-likeness (QED) is 0.508. The molecule has 2 nitrogen and oxygen atoms in total. The van der Waals surface area contributed by atoms with E-state index in [1.54, 1.807) is 12.1 Å². The molecular formula is C16H14O2S. The average Bonchev–Trinajstić information content (AvgIpc) is 2.47. The number of hydrogen-bond donors (Lipinski definition) is 1. The maximum Gasteiger partial charge on any atom is 0.169 e. The summed E-state index contributed by atoms with van der Waals surface area (Å²) in [7, 11) is 0. The first-order valence-corrected chi connectivity index (χ1v) is 6.91. The number of carbonyl (C=O) groups is 1. The molecule has 2 aromatic rings. The minimum Gasteiger partial charge on any atom is -0.507 e. The fourth-order valence-corrected chi connectivity index (χ4v) is 2.30. The molecule has 96 valence electrons. The van der Waals surface area contributed by atoms with E-state index in [1.807, 2.05) is 48.5 Å². The second-order valence-corrected chi connectivity index (χ2v) is 5.01. The van der Waals surface area contributed by atoms with Crippen molar-refractivity contribution < 1.29 is 9.90 Å². The zero-order chi connectivity index (χ0) is 13.5. The van der Waals surface area contributed by atoms with Crippen LogP contribution in [0.5, 0.6) is 0 Å². The van der Waals surface area contributed by atoms with Gasteiger partial charge >= 0.3 is 0 Å². The molecule has 0 fully saturated rings. The van der Waals surface area contributed by atoms with Gasteiger partial charge in [-0.05, 0) is 12.1 Å². The number of aliphatic hydroxyl groups excluding tert-OH is 1. The fourth-order valence-electron chi connectivity index (χ4n) is 1.56. The highest BCUT2D eigenvalue weighted by atomic mass is 32.2. The van der Waals surface area contributed by atoms with Crippen LogP contribution < -0.4 is 0 Å². The molecule has 0 aliphatic heterocycles. The van der Waals surface area contributed by atoms with Crippen LogP contribution >= 0.6 is 11.8 Å². The van der Waals surface area contributed by atoms with E-state index in [0.29, 0.717) is 11.3 Å². The average molecular weight is 270 g/mol. The van der Waals surface area contributed by atoms with E-state index in [2.05, 4.69) is 0 Å². The summed E-state index contributed by atoms with van der Waals surface area (Å²) in [6.45, 7) is 0. The Kier molecular flexibility index (Phi) is 4.81. The zero-order valence-electron chi connectivity index (χ0n) is 10.3. The van der Waals surface area contributed by atoms with Gasteiger partial charge in [0.2, 0.25) is 0 Å². The van der Waals surface area contributed by atoms with Crippen LogP contribution in [0, 0.1) is 0 Å². The van der Waals surface area contributed by atoms with Gasteiger partial charge in [-0.25, -0.2) is 0 Å². The zero-order valence-corrected chi connectivity index (χ0v) is 11.1. The van der Waals surface area contributed by atoms with E-state index in [9.17, 15) is 9.90 Å².